The number of aliphatic hydroxyl groups excluding tert-OH is 1. The van der Waals surface area contributed by atoms with Crippen molar-refractivity contribution < 1.29 is 5.11 Å². The Bertz CT molecular complexity index is 443. The van der Waals surface area contributed by atoms with Crippen molar-refractivity contribution in [2.45, 2.75) is 19.8 Å². The second-order valence-electron chi connectivity index (χ2n) is 5.29. The van der Waals surface area contributed by atoms with E-state index >= 15 is 0 Å². The quantitative estimate of drug-likeness (QED) is 0.599. The molecule has 1 saturated heterocycles. The fourth-order valence-electron chi connectivity index (χ4n) is 2.68. The maximum absolute atomic E-state index is 8.91. The van der Waals surface area contributed by atoms with Crippen LogP contribution in [-0.2, 0) is 13.5 Å². The van der Waals surface area contributed by atoms with Crippen LogP contribution in [0, 0.1) is 5.92 Å². The number of rotatable bonds is 5. The lowest BCUT2D eigenvalue weighted by Gasteiger charge is -2.21. The maximum Gasteiger partial charge on any atom is 0.194 e. The molecule has 6 nitrogen and oxygen atoms in total. The van der Waals surface area contributed by atoms with Crippen LogP contribution in [0.1, 0.15) is 18.9 Å². The molecule has 1 aromatic heterocycles. The third-order valence-electron chi connectivity index (χ3n) is 3.56. The molecule has 2 N–H and O–H groups in total. The molecule has 112 valence electrons. The van der Waals surface area contributed by atoms with Crippen LogP contribution in [0.4, 0.5) is 0 Å². The first-order valence-corrected chi connectivity index (χ1v) is 7.34. The number of nitrogens with one attached hydrogen (secondary N) is 1. The normalized spacial score (nSPS) is 19.6. The molecule has 1 aliphatic heterocycles. The average Bonchev–Trinajstić information content (AvgIpc) is 3.04. The van der Waals surface area contributed by atoms with Crippen LogP contribution in [0.2, 0.25) is 0 Å². The van der Waals surface area contributed by atoms with Crippen molar-refractivity contribution in [2.75, 3.05) is 32.8 Å². The zero-order valence-corrected chi connectivity index (χ0v) is 12.4. The van der Waals surface area contributed by atoms with Crippen LogP contribution >= 0.6 is 0 Å². The van der Waals surface area contributed by atoms with E-state index < -0.39 is 0 Å². The van der Waals surface area contributed by atoms with Gasteiger partial charge in [0.1, 0.15) is 0 Å². The van der Waals surface area contributed by atoms with E-state index in [1.807, 2.05) is 17.9 Å². The van der Waals surface area contributed by atoms with Gasteiger partial charge in [-0.25, -0.2) is 0 Å². The lowest BCUT2D eigenvalue weighted by atomic mass is 10.0. The number of guanidine groups is 1. The Kier molecular flexibility index (Phi) is 5.40. The molecule has 20 heavy (non-hydrogen) atoms. The van der Waals surface area contributed by atoms with Gasteiger partial charge in [-0.2, -0.15) is 5.10 Å². The minimum absolute atomic E-state index is 0.0991. The topological polar surface area (TPSA) is 65.7 Å². The maximum atomic E-state index is 8.91. The van der Waals surface area contributed by atoms with Crippen molar-refractivity contribution in [1.82, 2.24) is 20.0 Å². The van der Waals surface area contributed by atoms with Gasteiger partial charge in [-0.3, -0.25) is 9.67 Å². The van der Waals surface area contributed by atoms with Gasteiger partial charge in [0, 0.05) is 32.9 Å². The van der Waals surface area contributed by atoms with E-state index in [2.05, 4.69) is 33.4 Å². The molecule has 0 aliphatic carbocycles. The smallest absolute Gasteiger partial charge is 0.194 e. The summed E-state index contributed by atoms with van der Waals surface area (Å²) in [6, 6.07) is 0. The van der Waals surface area contributed by atoms with Crippen molar-refractivity contribution in [2.24, 2.45) is 18.0 Å². The van der Waals surface area contributed by atoms with Gasteiger partial charge >= 0.3 is 0 Å². The first-order chi connectivity index (χ1) is 9.72. The third-order valence-corrected chi connectivity index (χ3v) is 3.56. The van der Waals surface area contributed by atoms with Gasteiger partial charge in [0.05, 0.1) is 19.3 Å². The molecule has 1 aromatic rings. The van der Waals surface area contributed by atoms with E-state index in [9.17, 15) is 0 Å². The Morgan fingerprint density at radius 2 is 2.45 bits per heavy atom. The van der Waals surface area contributed by atoms with E-state index in [1.54, 1.807) is 0 Å². The van der Waals surface area contributed by atoms with E-state index in [0.717, 1.165) is 32.0 Å². The third kappa shape index (κ3) is 3.96. The Morgan fingerprint density at radius 3 is 3.10 bits per heavy atom. The van der Waals surface area contributed by atoms with Crippen molar-refractivity contribution in [3.8, 4) is 0 Å². The van der Waals surface area contributed by atoms with Gasteiger partial charge in [-0.15, -0.1) is 0 Å². The van der Waals surface area contributed by atoms with E-state index in [1.165, 1.54) is 12.0 Å². The Hall–Kier alpha value is -1.56. The first kappa shape index (κ1) is 14.8. The van der Waals surface area contributed by atoms with E-state index in [-0.39, 0.29) is 6.61 Å². The number of hydrogen-bond acceptors (Lipinski definition) is 3. The zero-order chi connectivity index (χ0) is 14.4. The Labute approximate surface area is 120 Å². The van der Waals surface area contributed by atoms with E-state index in [0.29, 0.717) is 12.5 Å². The van der Waals surface area contributed by atoms with Crippen molar-refractivity contribution in [3.05, 3.63) is 18.0 Å². The summed E-state index contributed by atoms with van der Waals surface area (Å²) < 4.78 is 1.86. The fourth-order valence-corrected chi connectivity index (χ4v) is 2.68. The number of aromatic nitrogens is 2. The summed E-state index contributed by atoms with van der Waals surface area (Å²) in [7, 11) is 1.95. The van der Waals surface area contributed by atoms with E-state index in [4.69, 9.17) is 5.11 Å². The highest BCUT2D eigenvalue weighted by Crippen LogP contribution is 2.20. The molecule has 0 aromatic carbocycles. The van der Waals surface area contributed by atoms with Gasteiger partial charge < -0.3 is 15.3 Å². The van der Waals surface area contributed by atoms with Crippen LogP contribution in [0.5, 0.6) is 0 Å². The predicted octanol–water partition coefficient (Wildman–Crippen LogP) is 0.242. The first-order valence-electron chi connectivity index (χ1n) is 7.34. The summed E-state index contributed by atoms with van der Waals surface area (Å²) in [6.07, 6.45) is 6.30. The molecule has 1 atom stereocenters. The molecule has 1 fully saturated rings. The highest BCUT2D eigenvalue weighted by molar-refractivity contribution is 5.80. The number of nitrogens with zero attached hydrogens (tertiary/aromatic N) is 4. The Balaban J connectivity index is 1.89. The number of aliphatic hydroxyl groups is 1. The van der Waals surface area contributed by atoms with Crippen molar-refractivity contribution >= 4 is 5.96 Å². The largest absolute Gasteiger partial charge is 0.394 e. The van der Waals surface area contributed by atoms with Crippen LogP contribution in [0.3, 0.4) is 0 Å². The summed E-state index contributed by atoms with van der Waals surface area (Å²) >= 11 is 0. The van der Waals surface area contributed by atoms with Crippen LogP contribution in [0.15, 0.2) is 17.4 Å². The fraction of sp³-hybridized carbons (Fsp3) is 0.714. The molecule has 2 rings (SSSR count). The zero-order valence-electron chi connectivity index (χ0n) is 12.4. The standard InChI is InChI=1S/C14H25N5O/c1-3-15-14(16-5-7-20)19-6-4-12(11-19)8-13-9-17-18(2)10-13/h9-10,12,20H,3-8,11H2,1-2H3,(H,15,16). The van der Waals surface area contributed by atoms with Gasteiger partial charge in [0.25, 0.3) is 0 Å². The molecule has 0 bridgehead atoms. The number of aryl methyl sites for hydroxylation is 1. The molecule has 0 amide bonds. The molecule has 0 saturated carbocycles. The van der Waals surface area contributed by atoms with Crippen LogP contribution < -0.4 is 5.32 Å². The second-order valence-corrected chi connectivity index (χ2v) is 5.29. The summed E-state index contributed by atoms with van der Waals surface area (Å²) in [4.78, 5) is 6.72. The number of hydrogen-bond donors (Lipinski definition) is 2. The van der Waals surface area contributed by atoms with Crippen molar-refractivity contribution in [3.63, 3.8) is 0 Å². The van der Waals surface area contributed by atoms with Gasteiger partial charge in [-0.05, 0) is 31.2 Å². The lowest BCUT2D eigenvalue weighted by molar-refractivity contribution is 0.305. The molecule has 1 unspecified atom stereocenters. The molecule has 0 spiro atoms. The number of aliphatic imine (C=N–C) groups is 1. The minimum Gasteiger partial charge on any atom is -0.394 e. The van der Waals surface area contributed by atoms with Crippen LogP contribution in [0.25, 0.3) is 0 Å². The van der Waals surface area contributed by atoms with Gasteiger partial charge in [0.15, 0.2) is 5.96 Å². The van der Waals surface area contributed by atoms with Crippen molar-refractivity contribution in [1.29, 1.82) is 0 Å². The molecule has 0 radical (unpaired) electrons. The highest BCUT2D eigenvalue weighted by atomic mass is 16.3. The summed E-state index contributed by atoms with van der Waals surface area (Å²) in [5.74, 6) is 1.58. The molecule has 6 heteroatoms. The lowest BCUT2D eigenvalue weighted by Crippen LogP contribution is -2.40. The molecular weight excluding hydrogens is 254 g/mol. The second kappa shape index (κ2) is 7.28. The molecule has 1 aliphatic rings. The van der Waals surface area contributed by atoms with Crippen LogP contribution in [-0.4, -0.2) is 58.5 Å². The minimum atomic E-state index is 0.0991. The highest BCUT2D eigenvalue weighted by Gasteiger charge is 2.25. The number of likely N-dealkylation sites (tertiary alicyclic amines) is 1. The van der Waals surface area contributed by atoms with Gasteiger partial charge in [0.2, 0.25) is 0 Å². The summed E-state index contributed by atoms with van der Waals surface area (Å²) in [5, 5.41) is 16.4. The molecule has 2 heterocycles. The summed E-state index contributed by atoms with van der Waals surface area (Å²) in [5.41, 5.74) is 1.30. The average molecular weight is 279 g/mol. The SMILES string of the molecule is CCNC(=NCCO)N1CCC(Cc2cnn(C)c2)C1. The monoisotopic (exact) mass is 279 g/mol. The summed E-state index contributed by atoms with van der Waals surface area (Å²) in [6.45, 7) is 5.54. The van der Waals surface area contributed by atoms with Gasteiger partial charge in [-0.1, -0.05) is 0 Å². The predicted molar refractivity (Wildman–Crippen MR) is 79.7 cm³/mol. The molecular formula is C14H25N5O. The Morgan fingerprint density at radius 1 is 1.60 bits per heavy atom.